The van der Waals surface area contributed by atoms with Crippen LogP contribution in [0.5, 0.6) is 0 Å². The summed E-state index contributed by atoms with van der Waals surface area (Å²) in [4.78, 5) is 43.4. The lowest BCUT2D eigenvalue weighted by atomic mass is 9.85. The van der Waals surface area contributed by atoms with E-state index in [0.717, 1.165) is 5.69 Å². The molecule has 8 heteroatoms. The Kier molecular flexibility index (Phi) is 5.78. The van der Waals surface area contributed by atoms with Gasteiger partial charge in [-0.25, -0.2) is 9.59 Å². The first-order valence-electron chi connectivity index (χ1n) is 11.1. The number of carbonyl (C=O) groups excluding carboxylic acids is 2. The first-order chi connectivity index (χ1) is 15.6. The molecule has 0 saturated carbocycles. The Balaban J connectivity index is 1.73. The van der Waals surface area contributed by atoms with Crippen molar-refractivity contribution in [2.24, 2.45) is 0 Å². The van der Waals surface area contributed by atoms with Crippen molar-refractivity contribution < 1.29 is 24.2 Å². The van der Waals surface area contributed by atoms with Crippen LogP contribution in [0.15, 0.2) is 54.6 Å². The van der Waals surface area contributed by atoms with Gasteiger partial charge >= 0.3 is 12.1 Å². The summed E-state index contributed by atoms with van der Waals surface area (Å²) in [7, 11) is 0. The second kappa shape index (κ2) is 8.42. The van der Waals surface area contributed by atoms with E-state index in [9.17, 15) is 19.5 Å². The van der Waals surface area contributed by atoms with Crippen molar-refractivity contribution >= 4 is 29.3 Å². The number of rotatable bonds is 3. The molecule has 0 radical (unpaired) electrons. The number of carboxylic acid groups (broad SMARTS) is 1. The monoisotopic (exact) mass is 451 g/mol. The first-order valence-corrected chi connectivity index (χ1v) is 11.1. The van der Waals surface area contributed by atoms with Crippen molar-refractivity contribution in [3.8, 4) is 0 Å². The summed E-state index contributed by atoms with van der Waals surface area (Å²) in [6, 6.07) is 16.6. The zero-order chi connectivity index (χ0) is 23.8. The molecule has 0 aromatic heterocycles. The number of nitrogens with zero attached hydrogens (tertiary/aromatic N) is 3. The van der Waals surface area contributed by atoms with Gasteiger partial charge in [0.1, 0.15) is 11.1 Å². The molecule has 1 spiro atoms. The van der Waals surface area contributed by atoms with Gasteiger partial charge in [0.25, 0.3) is 5.91 Å². The van der Waals surface area contributed by atoms with E-state index in [0.29, 0.717) is 24.1 Å². The molecular weight excluding hydrogens is 422 g/mol. The number of para-hydroxylation sites is 2. The lowest BCUT2D eigenvalue weighted by Crippen LogP contribution is -2.57. The highest BCUT2D eigenvalue weighted by molar-refractivity contribution is 6.10. The van der Waals surface area contributed by atoms with Gasteiger partial charge in [-0.2, -0.15) is 0 Å². The number of ether oxygens (including phenoxy) is 1. The number of anilines is 2. The van der Waals surface area contributed by atoms with Crippen molar-refractivity contribution in [2.75, 3.05) is 29.6 Å². The van der Waals surface area contributed by atoms with Gasteiger partial charge in [0.2, 0.25) is 0 Å². The molecule has 2 heterocycles. The van der Waals surface area contributed by atoms with Crippen LogP contribution in [0.1, 0.15) is 44.0 Å². The predicted molar refractivity (Wildman–Crippen MR) is 124 cm³/mol. The van der Waals surface area contributed by atoms with Crippen molar-refractivity contribution in [3.63, 3.8) is 0 Å². The fraction of sp³-hybridized carbons (Fsp3) is 0.400. The molecule has 0 atom stereocenters. The van der Waals surface area contributed by atoms with Crippen molar-refractivity contribution in [3.05, 3.63) is 60.2 Å². The summed E-state index contributed by atoms with van der Waals surface area (Å²) in [6.07, 6.45) is -0.232. The molecule has 2 aromatic carbocycles. The molecule has 0 aliphatic carbocycles. The fourth-order valence-corrected chi connectivity index (χ4v) is 4.60. The lowest BCUT2D eigenvalue weighted by Gasteiger charge is -2.42. The highest BCUT2D eigenvalue weighted by Crippen LogP contribution is 2.42. The highest BCUT2D eigenvalue weighted by Gasteiger charge is 2.55. The van der Waals surface area contributed by atoms with Crippen LogP contribution in [0.2, 0.25) is 0 Å². The largest absolute Gasteiger partial charge is 0.465 e. The minimum absolute atomic E-state index is 0.132. The smallest absolute Gasteiger partial charge is 0.407 e. The predicted octanol–water partition coefficient (Wildman–Crippen LogP) is 3.97. The Morgan fingerprint density at radius 2 is 1.58 bits per heavy atom. The van der Waals surface area contributed by atoms with Gasteiger partial charge in [0.15, 0.2) is 0 Å². The van der Waals surface area contributed by atoms with Crippen LogP contribution in [0, 0.1) is 0 Å². The van der Waals surface area contributed by atoms with Gasteiger partial charge in [-0.05, 0) is 57.9 Å². The molecule has 2 aromatic rings. The fourth-order valence-electron chi connectivity index (χ4n) is 4.60. The molecule has 1 N–H and O–H groups in total. The number of hydrogen-bond acceptors (Lipinski definition) is 5. The summed E-state index contributed by atoms with van der Waals surface area (Å²) in [5.74, 6) is -0.619. The molecule has 0 bridgehead atoms. The second-order valence-corrected chi connectivity index (χ2v) is 9.46. The van der Waals surface area contributed by atoms with Gasteiger partial charge in [0.05, 0.1) is 17.9 Å². The Labute approximate surface area is 193 Å². The molecule has 2 saturated heterocycles. The number of amides is 2. The molecule has 2 aliphatic heterocycles. The quantitative estimate of drug-likeness (QED) is 0.711. The van der Waals surface area contributed by atoms with Crippen LogP contribution in [-0.2, 0) is 9.53 Å². The lowest BCUT2D eigenvalue weighted by molar-refractivity contribution is -0.123. The Morgan fingerprint density at radius 1 is 0.970 bits per heavy atom. The van der Waals surface area contributed by atoms with Crippen molar-refractivity contribution in [1.29, 1.82) is 0 Å². The number of benzene rings is 2. The zero-order valence-corrected chi connectivity index (χ0v) is 19.2. The topological polar surface area (TPSA) is 90.4 Å². The van der Waals surface area contributed by atoms with Crippen LogP contribution in [0.3, 0.4) is 0 Å². The molecule has 174 valence electrons. The summed E-state index contributed by atoms with van der Waals surface area (Å²) < 4.78 is 5.59. The Hall–Kier alpha value is -3.55. The van der Waals surface area contributed by atoms with E-state index in [1.54, 1.807) is 49.9 Å². The number of hydrogen-bond donors (Lipinski definition) is 1. The molecular formula is C25H29N3O5. The van der Waals surface area contributed by atoms with Gasteiger partial charge in [-0.1, -0.05) is 30.3 Å². The number of esters is 1. The van der Waals surface area contributed by atoms with E-state index in [4.69, 9.17) is 4.74 Å². The van der Waals surface area contributed by atoms with E-state index in [-0.39, 0.29) is 25.7 Å². The van der Waals surface area contributed by atoms with Gasteiger partial charge in [0, 0.05) is 18.8 Å². The van der Waals surface area contributed by atoms with Crippen LogP contribution in [-0.4, -0.2) is 58.9 Å². The first kappa shape index (κ1) is 22.6. The van der Waals surface area contributed by atoms with Gasteiger partial charge in [-0.15, -0.1) is 0 Å². The average molecular weight is 452 g/mol. The number of piperidine rings is 1. The second-order valence-electron chi connectivity index (χ2n) is 9.46. The summed E-state index contributed by atoms with van der Waals surface area (Å²) in [6.45, 7) is 6.21. The van der Waals surface area contributed by atoms with Crippen LogP contribution in [0.25, 0.3) is 0 Å². The molecule has 2 aliphatic rings. The Bertz CT molecular complexity index is 1060. The highest BCUT2D eigenvalue weighted by atomic mass is 16.6. The molecule has 33 heavy (non-hydrogen) atoms. The normalized spacial score (nSPS) is 18.0. The van der Waals surface area contributed by atoms with Crippen molar-refractivity contribution in [1.82, 2.24) is 4.90 Å². The zero-order valence-electron chi connectivity index (χ0n) is 19.2. The van der Waals surface area contributed by atoms with Crippen LogP contribution < -0.4 is 9.80 Å². The SMILES string of the molecule is CC(C)(C)OC(=O)c1ccccc1N1CN(c2ccccc2)C2(CCN(C(=O)O)CC2)C1=O. The average Bonchev–Trinajstić information content (AvgIpc) is 3.05. The third-order valence-corrected chi connectivity index (χ3v) is 6.19. The molecule has 8 nitrogen and oxygen atoms in total. The third-order valence-electron chi connectivity index (χ3n) is 6.19. The third kappa shape index (κ3) is 4.25. The summed E-state index contributed by atoms with van der Waals surface area (Å²) in [5.41, 5.74) is 0.157. The molecule has 2 fully saturated rings. The van der Waals surface area contributed by atoms with Crippen LogP contribution in [0.4, 0.5) is 16.2 Å². The van der Waals surface area contributed by atoms with Crippen molar-refractivity contribution in [2.45, 2.75) is 44.8 Å². The molecule has 0 unspecified atom stereocenters. The molecule has 4 rings (SSSR count). The van der Waals surface area contributed by atoms with Crippen LogP contribution >= 0.6 is 0 Å². The van der Waals surface area contributed by atoms with Gasteiger partial charge in [-0.3, -0.25) is 9.69 Å². The summed E-state index contributed by atoms with van der Waals surface area (Å²) >= 11 is 0. The minimum Gasteiger partial charge on any atom is -0.465 e. The van der Waals surface area contributed by atoms with E-state index in [2.05, 4.69) is 0 Å². The number of likely N-dealkylation sites (tertiary alicyclic amines) is 1. The minimum atomic E-state index is -0.978. The maximum atomic E-state index is 14.0. The Morgan fingerprint density at radius 3 is 2.18 bits per heavy atom. The maximum Gasteiger partial charge on any atom is 0.407 e. The maximum absolute atomic E-state index is 14.0. The standard InChI is InChI=1S/C25H29N3O5/c1-24(2,3)33-21(29)19-11-7-8-12-20(19)27-17-28(18-9-5-4-6-10-18)25(22(27)30)13-15-26(16-14-25)23(31)32/h4-12H,13-17H2,1-3H3,(H,31,32). The van der Waals surface area contributed by atoms with E-state index in [1.165, 1.54) is 4.90 Å². The van der Waals surface area contributed by atoms with Gasteiger partial charge < -0.3 is 19.6 Å². The molecule has 2 amide bonds. The summed E-state index contributed by atoms with van der Waals surface area (Å²) in [5, 5.41) is 9.40. The van der Waals surface area contributed by atoms with E-state index >= 15 is 0 Å². The van der Waals surface area contributed by atoms with E-state index in [1.807, 2.05) is 35.2 Å². The number of carbonyl (C=O) groups is 3. The van der Waals surface area contributed by atoms with E-state index < -0.39 is 23.2 Å².